The SMILES string of the molecule is CN(C)CCCOc1cc(C#CCCO)ccc1F. The summed E-state index contributed by atoms with van der Waals surface area (Å²) in [6.45, 7) is 1.41. The fourth-order valence-corrected chi connectivity index (χ4v) is 1.48. The highest BCUT2D eigenvalue weighted by molar-refractivity contribution is 5.40. The third-order valence-corrected chi connectivity index (χ3v) is 2.41. The van der Waals surface area contributed by atoms with Crippen LogP contribution in [-0.4, -0.2) is 43.9 Å². The van der Waals surface area contributed by atoms with Crippen LogP contribution in [0.15, 0.2) is 18.2 Å². The van der Waals surface area contributed by atoms with Crippen molar-refractivity contribution in [2.75, 3.05) is 33.9 Å². The molecular weight excluding hydrogens is 245 g/mol. The molecule has 0 atom stereocenters. The lowest BCUT2D eigenvalue weighted by Gasteiger charge is -2.11. The highest BCUT2D eigenvalue weighted by Gasteiger charge is 2.04. The van der Waals surface area contributed by atoms with E-state index in [1.165, 1.54) is 6.07 Å². The summed E-state index contributed by atoms with van der Waals surface area (Å²) >= 11 is 0. The molecule has 0 unspecified atom stereocenters. The van der Waals surface area contributed by atoms with Gasteiger partial charge in [-0.1, -0.05) is 11.8 Å². The number of ether oxygens (including phenoxy) is 1. The zero-order valence-corrected chi connectivity index (χ0v) is 11.4. The van der Waals surface area contributed by atoms with E-state index in [-0.39, 0.29) is 18.2 Å². The Morgan fingerprint density at radius 1 is 1.37 bits per heavy atom. The minimum Gasteiger partial charge on any atom is -0.490 e. The molecule has 0 heterocycles. The van der Waals surface area contributed by atoms with E-state index >= 15 is 0 Å². The zero-order chi connectivity index (χ0) is 14.1. The summed E-state index contributed by atoms with van der Waals surface area (Å²) in [6.07, 6.45) is 1.25. The van der Waals surface area contributed by atoms with E-state index in [0.29, 0.717) is 18.6 Å². The number of aliphatic hydroxyl groups is 1. The van der Waals surface area contributed by atoms with Crippen molar-refractivity contribution in [3.8, 4) is 17.6 Å². The average molecular weight is 265 g/mol. The maximum atomic E-state index is 13.5. The molecule has 104 valence electrons. The Bertz CT molecular complexity index is 449. The van der Waals surface area contributed by atoms with Gasteiger partial charge in [0.1, 0.15) is 0 Å². The molecule has 4 heteroatoms. The molecule has 1 N–H and O–H groups in total. The Hall–Kier alpha value is -1.57. The summed E-state index contributed by atoms with van der Waals surface area (Å²) in [5, 5.41) is 8.64. The summed E-state index contributed by atoms with van der Waals surface area (Å²) in [7, 11) is 3.97. The van der Waals surface area contributed by atoms with Gasteiger partial charge in [-0.3, -0.25) is 0 Å². The monoisotopic (exact) mass is 265 g/mol. The number of hydrogen-bond acceptors (Lipinski definition) is 3. The molecule has 0 aliphatic heterocycles. The van der Waals surface area contributed by atoms with E-state index in [0.717, 1.165) is 13.0 Å². The van der Waals surface area contributed by atoms with Crippen molar-refractivity contribution in [3.05, 3.63) is 29.6 Å². The molecule has 0 radical (unpaired) electrons. The van der Waals surface area contributed by atoms with Crippen LogP contribution in [0.4, 0.5) is 4.39 Å². The molecule has 0 spiro atoms. The van der Waals surface area contributed by atoms with Crippen molar-refractivity contribution in [1.29, 1.82) is 0 Å². The van der Waals surface area contributed by atoms with Crippen LogP contribution in [0.5, 0.6) is 5.75 Å². The lowest BCUT2D eigenvalue weighted by molar-refractivity contribution is 0.271. The van der Waals surface area contributed by atoms with Crippen LogP contribution in [0.2, 0.25) is 0 Å². The van der Waals surface area contributed by atoms with Gasteiger partial charge in [0.25, 0.3) is 0 Å². The van der Waals surface area contributed by atoms with E-state index in [4.69, 9.17) is 9.84 Å². The molecule has 1 aromatic carbocycles. The minimum absolute atomic E-state index is 0.0298. The number of hydrogen-bond donors (Lipinski definition) is 1. The van der Waals surface area contributed by atoms with Gasteiger partial charge in [-0.05, 0) is 38.7 Å². The van der Waals surface area contributed by atoms with Gasteiger partial charge in [0.2, 0.25) is 0 Å². The summed E-state index contributed by atoms with van der Waals surface area (Å²) in [5.41, 5.74) is 0.692. The fourth-order valence-electron chi connectivity index (χ4n) is 1.48. The topological polar surface area (TPSA) is 32.7 Å². The Labute approximate surface area is 114 Å². The molecule has 0 aliphatic rings. The van der Waals surface area contributed by atoms with Crippen LogP contribution in [0.3, 0.4) is 0 Å². The standard InChI is InChI=1S/C15H20FNO2/c1-17(2)9-5-11-19-15-12-13(6-3-4-10-18)7-8-14(15)16/h7-8,12,18H,4-5,9-11H2,1-2H3. The Balaban J connectivity index is 2.57. The Morgan fingerprint density at radius 2 is 2.16 bits per heavy atom. The lowest BCUT2D eigenvalue weighted by Crippen LogP contribution is -2.15. The molecule has 0 aromatic heterocycles. The minimum atomic E-state index is -0.377. The first-order valence-electron chi connectivity index (χ1n) is 6.30. The first-order valence-corrected chi connectivity index (χ1v) is 6.30. The largest absolute Gasteiger partial charge is 0.490 e. The van der Waals surface area contributed by atoms with Crippen LogP contribution in [0.1, 0.15) is 18.4 Å². The third kappa shape index (κ3) is 6.23. The van der Waals surface area contributed by atoms with E-state index in [9.17, 15) is 4.39 Å². The zero-order valence-electron chi connectivity index (χ0n) is 11.4. The van der Waals surface area contributed by atoms with Crippen molar-refractivity contribution in [1.82, 2.24) is 4.90 Å². The molecule has 0 saturated heterocycles. The van der Waals surface area contributed by atoms with E-state index in [1.807, 2.05) is 14.1 Å². The molecule has 0 saturated carbocycles. The van der Waals surface area contributed by atoms with Gasteiger partial charge < -0.3 is 14.7 Å². The average Bonchev–Trinajstić information content (AvgIpc) is 2.38. The highest BCUT2D eigenvalue weighted by atomic mass is 19.1. The van der Waals surface area contributed by atoms with Gasteiger partial charge in [-0.25, -0.2) is 4.39 Å². The van der Waals surface area contributed by atoms with Crippen LogP contribution in [0.25, 0.3) is 0 Å². The second kappa shape index (κ2) is 8.52. The van der Waals surface area contributed by atoms with Crippen LogP contribution < -0.4 is 4.74 Å². The summed E-state index contributed by atoms with van der Waals surface area (Å²) in [6, 6.07) is 4.55. The third-order valence-electron chi connectivity index (χ3n) is 2.41. The number of aliphatic hydroxyl groups excluding tert-OH is 1. The first kappa shape index (κ1) is 15.5. The van der Waals surface area contributed by atoms with Crippen LogP contribution in [-0.2, 0) is 0 Å². The second-order valence-corrected chi connectivity index (χ2v) is 4.43. The van der Waals surface area contributed by atoms with Crippen molar-refractivity contribution in [2.24, 2.45) is 0 Å². The predicted octanol–water partition coefficient (Wildman–Crippen LogP) is 1.89. The van der Waals surface area contributed by atoms with Crippen LogP contribution in [0, 0.1) is 17.7 Å². The molecule has 19 heavy (non-hydrogen) atoms. The quantitative estimate of drug-likeness (QED) is 0.630. The Kier molecular flexibility index (Phi) is 6.94. The van der Waals surface area contributed by atoms with E-state index < -0.39 is 0 Å². The molecule has 0 bridgehead atoms. The lowest BCUT2D eigenvalue weighted by atomic mass is 10.2. The number of nitrogens with zero attached hydrogens (tertiary/aromatic N) is 1. The molecule has 1 aromatic rings. The van der Waals surface area contributed by atoms with Crippen molar-refractivity contribution < 1.29 is 14.2 Å². The normalized spacial score (nSPS) is 10.2. The molecule has 3 nitrogen and oxygen atoms in total. The van der Waals surface area contributed by atoms with Gasteiger partial charge in [0, 0.05) is 18.5 Å². The van der Waals surface area contributed by atoms with Crippen molar-refractivity contribution in [3.63, 3.8) is 0 Å². The fraction of sp³-hybridized carbons (Fsp3) is 0.467. The molecular formula is C15H20FNO2. The summed E-state index contributed by atoms with van der Waals surface area (Å²) in [4.78, 5) is 2.05. The summed E-state index contributed by atoms with van der Waals surface area (Å²) in [5.74, 6) is 5.51. The maximum Gasteiger partial charge on any atom is 0.165 e. The van der Waals surface area contributed by atoms with Gasteiger partial charge in [0.05, 0.1) is 13.2 Å². The first-order chi connectivity index (χ1) is 9.13. The summed E-state index contributed by atoms with van der Waals surface area (Å²) < 4.78 is 18.9. The number of halogens is 1. The van der Waals surface area contributed by atoms with E-state index in [1.54, 1.807) is 12.1 Å². The second-order valence-electron chi connectivity index (χ2n) is 4.43. The van der Waals surface area contributed by atoms with Gasteiger partial charge >= 0.3 is 0 Å². The molecule has 0 aliphatic carbocycles. The Morgan fingerprint density at radius 3 is 2.84 bits per heavy atom. The van der Waals surface area contributed by atoms with Gasteiger partial charge in [-0.15, -0.1) is 0 Å². The number of benzene rings is 1. The van der Waals surface area contributed by atoms with Gasteiger partial charge in [-0.2, -0.15) is 0 Å². The predicted molar refractivity (Wildman–Crippen MR) is 73.6 cm³/mol. The maximum absolute atomic E-state index is 13.5. The van der Waals surface area contributed by atoms with E-state index in [2.05, 4.69) is 16.7 Å². The molecule has 1 rings (SSSR count). The smallest absolute Gasteiger partial charge is 0.165 e. The van der Waals surface area contributed by atoms with Gasteiger partial charge in [0.15, 0.2) is 11.6 Å². The molecule has 0 fully saturated rings. The van der Waals surface area contributed by atoms with Crippen LogP contribution >= 0.6 is 0 Å². The van der Waals surface area contributed by atoms with Crippen molar-refractivity contribution in [2.45, 2.75) is 12.8 Å². The molecule has 0 amide bonds. The highest BCUT2D eigenvalue weighted by Crippen LogP contribution is 2.18. The van der Waals surface area contributed by atoms with Crippen molar-refractivity contribution >= 4 is 0 Å². The number of rotatable bonds is 6.